The minimum Gasteiger partial charge on any atom is -0.490 e. The Balaban J connectivity index is 1.42. The summed E-state index contributed by atoms with van der Waals surface area (Å²) in [5.74, 6) is -1.91. The maximum absolute atomic E-state index is 13.4. The fourth-order valence-electron chi connectivity index (χ4n) is 4.66. The average Bonchev–Trinajstić information content (AvgIpc) is 3.20. The lowest BCUT2D eigenvalue weighted by atomic mass is 9.94. The van der Waals surface area contributed by atoms with E-state index in [0.29, 0.717) is 24.3 Å². The second-order valence-electron chi connectivity index (χ2n) is 9.10. The molecule has 4 rings (SSSR count). The van der Waals surface area contributed by atoms with Gasteiger partial charge >= 0.3 is 12.1 Å². The van der Waals surface area contributed by atoms with E-state index < -0.39 is 46.3 Å². The topological polar surface area (TPSA) is 123 Å². The number of nitrogens with zero attached hydrogens (tertiary/aromatic N) is 4. The van der Waals surface area contributed by atoms with Gasteiger partial charge in [-0.2, -0.15) is 27.8 Å². The number of rotatable bonds is 7. The number of hydrazone groups is 1. The maximum Gasteiger partial charge on any atom is 0.431 e. The van der Waals surface area contributed by atoms with Crippen LogP contribution >= 0.6 is 0 Å². The van der Waals surface area contributed by atoms with E-state index in [1.54, 1.807) is 24.3 Å². The zero-order valence-corrected chi connectivity index (χ0v) is 21.1. The lowest BCUT2D eigenvalue weighted by Crippen LogP contribution is -2.41. The van der Waals surface area contributed by atoms with Crippen molar-refractivity contribution in [1.29, 1.82) is 5.26 Å². The normalized spacial score (nSPS) is 21.1. The van der Waals surface area contributed by atoms with Crippen molar-refractivity contribution in [3.8, 4) is 11.8 Å². The van der Waals surface area contributed by atoms with Crippen molar-refractivity contribution in [2.45, 2.75) is 49.4 Å². The van der Waals surface area contributed by atoms with Crippen LogP contribution in [-0.4, -0.2) is 60.9 Å². The number of alkyl halides is 3. The van der Waals surface area contributed by atoms with Crippen LogP contribution < -0.4 is 9.75 Å². The second kappa shape index (κ2) is 10.6. The lowest BCUT2D eigenvalue weighted by Gasteiger charge is -2.31. The van der Waals surface area contributed by atoms with Gasteiger partial charge in [0.25, 0.3) is 0 Å². The van der Waals surface area contributed by atoms with E-state index in [2.05, 4.69) is 5.10 Å². The predicted molar refractivity (Wildman–Crippen MR) is 131 cm³/mol. The highest BCUT2D eigenvalue weighted by molar-refractivity contribution is 7.89. The molecule has 0 radical (unpaired) electrons. The van der Waals surface area contributed by atoms with E-state index in [9.17, 15) is 36.8 Å². The third kappa shape index (κ3) is 5.61. The molecule has 2 aromatic carbocycles. The number of halogens is 3. The van der Waals surface area contributed by atoms with Crippen LogP contribution in [0.5, 0.6) is 5.75 Å². The molecule has 1 N–H and O–H groups in total. The Labute approximate surface area is 217 Å². The molecule has 1 saturated heterocycles. The first-order chi connectivity index (χ1) is 17.9. The molecule has 38 heavy (non-hydrogen) atoms. The van der Waals surface area contributed by atoms with Crippen LogP contribution in [0.15, 0.2) is 58.5 Å². The van der Waals surface area contributed by atoms with Gasteiger partial charge in [0.1, 0.15) is 23.6 Å². The van der Waals surface area contributed by atoms with E-state index in [0.717, 1.165) is 5.01 Å². The summed E-state index contributed by atoms with van der Waals surface area (Å²) in [6.07, 6.45) is -4.67. The summed E-state index contributed by atoms with van der Waals surface area (Å²) in [5.41, 5.74) is -0.648. The molecule has 0 bridgehead atoms. The van der Waals surface area contributed by atoms with Crippen LogP contribution in [0.2, 0.25) is 0 Å². The average molecular weight is 551 g/mol. The highest BCUT2D eigenvalue weighted by Gasteiger charge is 2.48. The molecule has 2 atom stereocenters. The summed E-state index contributed by atoms with van der Waals surface area (Å²) >= 11 is 0. The van der Waals surface area contributed by atoms with Gasteiger partial charge in [0, 0.05) is 19.0 Å². The van der Waals surface area contributed by atoms with Gasteiger partial charge in [-0.1, -0.05) is 19.1 Å². The van der Waals surface area contributed by atoms with E-state index in [1.807, 2.05) is 6.07 Å². The highest BCUT2D eigenvalue weighted by Crippen LogP contribution is 2.37. The summed E-state index contributed by atoms with van der Waals surface area (Å²) < 4.78 is 73.5. The molecule has 13 heteroatoms. The van der Waals surface area contributed by atoms with Crippen molar-refractivity contribution in [1.82, 2.24) is 4.31 Å². The van der Waals surface area contributed by atoms with Gasteiger partial charge < -0.3 is 9.84 Å². The highest BCUT2D eigenvalue weighted by atomic mass is 32.2. The van der Waals surface area contributed by atoms with Crippen molar-refractivity contribution >= 4 is 27.4 Å². The lowest BCUT2D eigenvalue weighted by molar-refractivity contribution is -0.137. The van der Waals surface area contributed by atoms with Gasteiger partial charge in [-0.15, -0.1) is 0 Å². The number of sulfonamides is 1. The Morgan fingerprint density at radius 3 is 2.37 bits per heavy atom. The van der Waals surface area contributed by atoms with Crippen LogP contribution in [0.4, 0.5) is 18.9 Å². The van der Waals surface area contributed by atoms with E-state index in [4.69, 9.17) is 4.74 Å². The predicted octanol–water partition coefficient (Wildman–Crippen LogP) is 4.01. The van der Waals surface area contributed by atoms with Crippen molar-refractivity contribution in [2.75, 3.05) is 18.1 Å². The first-order valence-electron chi connectivity index (χ1n) is 11.8. The molecule has 0 saturated carbocycles. The first-order valence-corrected chi connectivity index (χ1v) is 13.3. The molecule has 2 heterocycles. The quantitative estimate of drug-likeness (QED) is 0.553. The molecule has 2 aliphatic heterocycles. The first kappa shape index (κ1) is 27.4. The Morgan fingerprint density at radius 1 is 1.16 bits per heavy atom. The van der Waals surface area contributed by atoms with Gasteiger partial charge in [-0.25, -0.2) is 8.42 Å². The third-order valence-corrected chi connectivity index (χ3v) is 8.60. The monoisotopic (exact) mass is 550 g/mol. The molecule has 0 spiro atoms. The van der Waals surface area contributed by atoms with Crippen molar-refractivity contribution in [2.24, 2.45) is 11.0 Å². The van der Waals surface area contributed by atoms with Crippen LogP contribution in [0.1, 0.15) is 31.7 Å². The number of anilines is 1. The number of piperidine rings is 1. The van der Waals surface area contributed by atoms with Crippen LogP contribution in [0, 0.1) is 17.2 Å². The molecule has 2 aliphatic rings. The molecule has 0 amide bonds. The van der Waals surface area contributed by atoms with Gasteiger partial charge in [-0.05, 0) is 49.2 Å². The van der Waals surface area contributed by atoms with Crippen LogP contribution in [0.25, 0.3) is 0 Å². The molecule has 1 fully saturated rings. The van der Waals surface area contributed by atoms with Gasteiger partial charge in [0.05, 0.1) is 28.6 Å². The summed E-state index contributed by atoms with van der Waals surface area (Å²) in [6.45, 7) is 1.70. The number of carboxylic acids is 1. The zero-order chi connectivity index (χ0) is 27.7. The maximum atomic E-state index is 13.4. The van der Waals surface area contributed by atoms with E-state index in [-0.39, 0.29) is 29.7 Å². The Morgan fingerprint density at radius 2 is 1.79 bits per heavy atom. The van der Waals surface area contributed by atoms with E-state index in [1.165, 1.54) is 35.5 Å². The number of carboxylic acid groups (broad SMARTS) is 1. The largest absolute Gasteiger partial charge is 0.490 e. The van der Waals surface area contributed by atoms with Crippen LogP contribution in [-0.2, 0) is 14.8 Å². The zero-order valence-electron chi connectivity index (χ0n) is 20.3. The van der Waals surface area contributed by atoms with E-state index >= 15 is 0 Å². The summed E-state index contributed by atoms with van der Waals surface area (Å²) in [6, 6.07) is 13.1. The number of ether oxygens (including phenoxy) is 1. The fraction of sp³-hybridized carbons (Fsp3) is 0.400. The molecule has 202 valence electrons. The molecular weight excluding hydrogens is 525 g/mol. The molecule has 9 nitrogen and oxygen atoms in total. The second-order valence-corrected chi connectivity index (χ2v) is 11.0. The Bertz CT molecular complexity index is 1360. The Kier molecular flexibility index (Phi) is 7.66. The number of hydrogen-bond acceptors (Lipinski definition) is 7. The number of nitriles is 1. The van der Waals surface area contributed by atoms with Crippen LogP contribution in [0.3, 0.4) is 0 Å². The van der Waals surface area contributed by atoms with Gasteiger partial charge in [0.15, 0.2) is 0 Å². The number of aliphatic carboxylic acids is 1. The summed E-state index contributed by atoms with van der Waals surface area (Å²) in [5, 5.41) is 23.2. The van der Waals surface area contributed by atoms with Gasteiger partial charge in [0.2, 0.25) is 10.0 Å². The fourth-order valence-corrected chi connectivity index (χ4v) is 6.28. The minimum absolute atomic E-state index is 0.0359. The molecular formula is C25H25F3N4O5S. The van der Waals surface area contributed by atoms with Gasteiger partial charge in [-0.3, -0.25) is 9.80 Å². The molecule has 0 aliphatic carbocycles. The SMILES string of the molecule is C[C@@H]1C(C(F)(F)F)=NN(c2ccc(OC3CCN(S(=O)(=O)c4ccccc4C#N)CC3)cc2)[C@H]1CC(=O)O. The molecule has 0 aromatic heterocycles. The van der Waals surface area contributed by atoms with Crippen molar-refractivity contribution in [3.05, 3.63) is 54.1 Å². The Hall–Kier alpha value is -3.63. The van der Waals surface area contributed by atoms with Crippen molar-refractivity contribution < 1.29 is 36.2 Å². The standard InChI is InChI=1S/C25H25F3N4O5S/c1-16-21(14-23(33)34)32(30-24(16)25(26,27)28)18-6-8-19(9-7-18)37-20-10-12-31(13-11-20)38(35,36)22-5-3-2-4-17(22)15-29/h2-9,16,20-21H,10-14H2,1H3,(H,33,34)/t16-,21-/m0/s1. The number of hydrogen-bond donors (Lipinski definition) is 1. The number of benzene rings is 2. The summed E-state index contributed by atoms with van der Waals surface area (Å²) in [7, 11) is -3.83. The molecule has 0 unspecified atom stereocenters. The summed E-state index contributed by atoms with van der Waals surface area (Å²) in [4.78, 5) is 11.2. The van der Waals surface area contributed by atoms with Crippen molar-refractivity contribution in [3.63, 3.8) is 0 Å². The molecule has 2 aromatic rings. The number of carbonyl (C=O) groups is 1. The third-order valence-electron chi connectivity index (χ3n) is 6.64. The minimum atomic E-state index is -4.67. The smallest absolute Gasteiger partial charge is 0.431 e.